The van der Waals surface area contributed by atoms with Gasteiger partial charge < -0.3 is 15.0 Å². The Labute approximate surface area is 246 Å². The number of carbonyl (C=O) groups is 1. The lowest BCUT2D eigenvalue weighted by Gasteiger charge is -2.37. The van der Waals surface area contributed by atoms with E-state index in [1.807, 2.05) is 30.3 Å². The molecule has 1 aliphatic carbocycles. The maximum atomic E-state index is 14.6. The maximum Gasteiger partial charge on any atom is 0.266 e. The number of amides is 1. The molecule has 1 aliphatic rings. The first-order valence-electron chi connectivity index (χ1n) is 13.2. The van der Waals surface area contributed by atoms with Crippen LogP contribution in [0.2, 0.25) is 5.02 Å². The molecule has 1 saturated carbocycles. The van der Waals surface area contributed by atoms with Gasteiger partial charge in [0, 0.05) is 29.1 Å². The summed E-state index contributed by atoms with van der Waals surface area (Å²) in [6.45, 7) is 0.281. The summed E-state index contributed by atoms with van der Waals surface area (Å²) in [6, 6.07) is 16.8. The first kappa shape index (κ1) is 28.9. The summed E-state index contributed by atoms with van der Waals surface area (Å²) in [4.78, 5) is 17.3. The Bertz CT molecular complexity index is 1520. The van der Waals surface area contributed by atoms with Crippen molar-refractivity contribution >= 4 is 50.7 Å². The first-order valence-corrected chi connectivity index (χ1v) is 15.6. The number of thioether (sulfide) groups is 1. The SMILES string of the molecule is CNC1CCC(N(Cc2cc(-c3ccc(SC)cc3)ccc2OC)C(=O)c2sc3c(F)ccc(F)c3c2Cl)CC1. The van der Waals surface area contributed by atoms with Gasteiger partial charge in [-0.2, -0.15) is 0 Å². The average molecular weight is 601 g/mol. The molecule has 1 heterocycles. The van der Waals surface area contributed by atoms with Crippen molar-refractivity contribution in [2.75, 3.05) is 20.4 Å². The zero-order valence-corrected chi connectivity index (χ0v) is 25.0. The zero-order valence-electron chi connectivity index (χ0n) is 22.6. The van der Waals surface area contributed by atoms with Crippen molar-refractivity contribution in [3.05, 3.63) is 81.7 Å². The highest BCUT2D eigenvalue weighted by Gasteiger charge is 2.33. The molecule has 4 aromatic rings. The van der Waals surface area contributed by atoms with Crippen LogP contribution in [-0.2, 0) is 6.54 Å². The van der Waals surface area contributed by atoms with Gasteiger partial charge in [0.2, 0.25) is 0 Å². The number of hydrogen-bond acceptors (Lipinski definition) is 5. The molecule has 5 rings (SSSR count). The van der Waals surface area contributed by atoms with Gasteiger partial charge in [-0.25, -0.2) is 8.78 Å². The number of carbonyl (C=O) groups excluding carboxylic acids is 1. The molecule has 0 atom stereocenters. The Morgan fingerprint density at radius 2 is 1.73 bits per heavy atom. The van der Waals surface area contributed by atoms with Gasteiger partial charge in [-0.3, -0.25) is 4.79 Å². The second-order valence-electron chi connectivity index (χ2n) is 9.96. The first-order chi connectivity index (χ1) is 19.3. The van der Waals surface area contributed by atoms with Crippen LogP contribution in [0.15, 0.2) is 59.5 Å². The summed E-state index contributed by atoms with van der Waals surface area (Å²) < 4.78 is 35.0. The number of methoxy groups -OCH3 is 1. The minimum atomic E-state index is -0.639. The van der Waals surface area contributed by atoms with Crippen LogP contribution in [0.4, 0.5) is 8.78 Å². The number of rotatable bonds is 8. The molecule has 0 spiro atoms. The second-order valence-corrected chi connectivity index (χ2v) is 12.2. The van der Waals surface area contributed by atoms with Gasteiger partial charge in [0.15, 0.2) is 0 Å². The van der Waals surface area contributed by atoms with Crippen molar-refractivity contribution in [3.63, 3.8) is 0 Å². The number of nitrogens with zero attached hydrogens (tertiary/aromatic N) is 1. The van der Waals surface area contributed by atoms with Crippen LogP contribution >= 0.6 is 34.7 Å². The van der Waals surface area contributed by atoms with Crippen LogP contribution < -0.4 is 10.1 Å². The number of ether oxygens (including phenoxy) is 1. The third-order valence-corrected chi connectivity index (χ3v) is 10.1. The van der Waals surface area contributed by atoms with E-state index in [0.717, 1.165) is 65.8 Å². The van der Waals surface area contributed by atoms with Crippen LogP contribution in [0.25, 0.3) is 21.2 Å². The molecule has 210 valence electrons. The number of halogens is 3. The maximum absolute atomic E-state index is 14.6. The monoisotopic (exact) mass is 600 g/mol. The molecular formula is C31H31ClF2N2O2S2. The fourth-order valence-electron chi connectivity index (χ4n) is 5.46. The van der Waals surface area contributed by atoms with E-state index >= 15 is 0 Å². The molecule has 9 heteroatoms. The number of hydrogen-bond donors (Lipinski definition) is 1. The van der Waals surface area contributed by atoms with Crippen molar-refractivity contribution in [3.8, 4) is 16.9 Å². The topological polar surface area (TPSA) is 41.6 Å². The largest absolute Gasteiger partial charge is 0.496 e. The van der Waals surface area contributed by atoms with Crippen LogP contribution in [0, 0.1) is 11.6 Å². The van der Waals surface area contributed by atoms with Crippen molar-refractivity contribution in [2.45, 2.75) is 49.2 Å². The molecule has 1 N–H and O–H groups in total. The van der Waals surface area contributed by atoms with E-state index in [9.17, 15) is 13.6 Å². The highest BCUT2D eigenvalue weighted by Crippen LogP contribution is 2.40. The van der Waals surface area contributed by atoms with E-state index in [1.165, 1.54) is 4.90 Å². The molecule has 4 nitrogen and oxygen atoms in total. The van der Waals surface area contributed by atoms with Gasteiger partial charge in [0.1, 0.15) is 22.3 Å². The van der Waals surface area contributed by atoms with Crippen LogP contribution in [0.5, 0.6) is 5.75 Å². The molecular weight excluding hydrogens is 570 g/mol. The van der Waals surface area contributed by atoms with Crippen LogP contribution in [0.3, 0.4) is 0 Å². The molecule has 1 aromatic heterocycles. The van der Waals surface area contributed by atoms with Crippen molar-refractivity contribution in [1.29, 1.82) is 0 Å². The fraction of sp³-hybridized carbons (Fsp3) is 0.323. The number of nitrogens with one attached hydrogen (secondary N) is 1. The Hall–Kier alpha value is -2.65. The second kappa shape index (κ2) is 12.5. The highest BCUT2D eigenvalue weighted by molar-refractivity contribution is 7.98. The predicted molar refractivity (Wildman–Crippen MR) is 162 cm³/mol. The van der Waals surface area contributed by atoms with Gasteiger partial charge in [-0.1, -0.05) is 29.8 Å². The molecule has 1 amide bonds. The van der Waals surface area contributed by atoms with E-state index in [-0.39, 0.29) is 38.5 Å². The van der Waals surface area contributed by atoms with Crippen molar-refractivity contribution in [1.82, 2.24) is 10.2 Å². The number of thiophene rings is 1. The van der Waals surface area contributed by atoms with Gasteiger partial charge in [-0.15, -0.1) is 23.1 Å². The minimum Gasteiger partial charge on any atom is -0.496 e. The van der Waals surface area contributed by atoms with Gasteiger partial charge in [0.05, 0.1) is 22.2 Å². The minimum absolute atomic E-state index is 0.0366. The Balaban J connectivity index is 1.55. The summed E-state index contributed by atoms with van der Waals surface area (Å²) in [6.07, 6.45) is 5.50. The quantitative estimate of drug-likeness (QED) is 0.206. The Kier molecular flexibility index (Phi) is 9.00. The lowest BCUT2D eigenvalue weighted by Crippen LogP contribution is -2.44. The van der Waals surface area contributed by atoms with E-state index in [0.29, 0.717) is 11.8 Å². The standard InChI is InChI=1S/C31H31ClF2N2O2S2/c1-35-21-7-9-22(10-8-21)36(31(37)30-28(32)27-24(33)13-14-25(34)29(27)40-30)17-20-16-19(6-15-26(20)38-2)18-4-11-23(39-3)12-5-18/h4-6,11-16,21-22,35H,7-10,17H2,1-3H3. The number of fused-ring (bicyclic) bond motifs is 1. The van der Waals surface area contributed by atoms with Gasteiger partial charge in [-0.05, 0) is 86.5 Å². The molecule has 0 bridgehead atoms. The summed E-state index contributed by atoms with van der Waals surface area (Å²) in [7, 11) is 3.57. The van der Waals surface area contributed by atoms with E-state index < -0.39 is 11.6 Å². The fourth-order valence-corrected chi connectivity index (χ4v) is 7.37. The lowest BCUT2D eigenvalue weighted by atomic mass is 9.89. The zero-order chi connectivity index (χ0) is 28.4. The van der Waals surface area contributed by atoms with Crippen molar-refractivity contribution < 1.29 is 18.3 Å². The average Bonchev–Trinajstić information content (AvgIpc) is 3.35. The third kappa shape index (κ3) is 5.73. The van der Waals surface area contributed by atoms with Crippen LogP contribution in [0.1, 0.15) is 40.9 Å². The molecule has 1 fully saturated rings. The summed E-state index contributed by atoms with van der Waals surface area (Å²) in [5.74, 6) is -0.884. The lowest BCUT2D eigenvalue weighted by molar-refractivity contribution is 0.0604. The summed E-state index contributed by atoms with van der Waals surface area (Å²) in [5.41, 5.74) is 2.93. The van der Waals surface area contributed by atoms with Crippen LogP contribution in [-0.4, -0.2) is 43.3 Å². The van der Waals surface area contributed by atoms with E-state index in [2.05, 4.69) is 35.6 Å². The Morgan fingerprint density at radius 1 is 1.05 bits per heavy atom. The highest BCUT2D eigenvalue weighted by atomic mass is 35.5. The van der Waals surface area contributed by atoms with E-state index in [4.69, 9.17) is 16.3 Å². The Morgan fingerprint density at radius 3 is 2.35 bits per heavy atom. The normalized spacial score (nSPS) is 17.2. The smallest absolute Gasteiger partial charge is 0.266 e. The van der Waals surface area contributed by atoms with Gasteiger partial charge >= 0.3 is 0 Å². The molecule has 0 radical (unpaired) electrons. The molecule has 40 heavy (non-hydrogen) atoms. The summed E-state index contributed by atoms with van der Waals surface area (Å²) >= 11 is 9.17. The predicted octanol–water partition coefficient (Wildman–Crippen LogP) is 8.40. The third-order valence-electron chi connectivity index (χ3n) is 7.73. The molecule has 0 aliphatic heterocycles. The number of benzene rings is 3. The van der Waals surface area contributed by atoms with E-state index in [1.54, 1.807) is 18.9 Å². The van der Waals surface area contributed by atoms with Crippen molar-refractivity contribution in [2.24, 2.45) is 0 Å². The molecule has 0 saturated heterocycles. The summed E-state index contributed by atoms with van der Waals surface area (Å²) in [5, 5.41) is 3.26. The molecule has 3 aromatic carbocycles. The van der Waals surface area contributed by atoms with Gasteiger partial charge in [0.25, 0.3) is 5.91 Å². The molecule has 0 unspecified atom stereocenters.